The zero-order valence-corrected chi connectivity index (χ0v) is 14.6. The maximum atomic E-state index is 5.21. The molecule has 1 saturated heterocycles. The molecule has 3 heterocycles. The highest BCUT2D eigenvalue weighted by atomic mass is 16.5. The Bertz CT molecular complexity index is 678. The Morgan fingerprint density at radius 2 is 2.21 bits per heavy atom. The van der Waals surface area contributed by atoms with Crippen LogP contribution in [-0.2, 0) is 6.54 Å². The molecule has 0 bridgehead atoms. The molecule has 24 heavy (non-hydrogen) atoms. The van der Waals surface area contributed by atoms with Crippen molar-refractivity contribution in [2.24, 2.45) is 0 Å². The molecule has 0 amide bonds. The van der Waals surface area contributed by atoms with Crippen LogP contribution < -0.4 is 9.64 Å². The fraction of sp³-hybridized carbons (Fsp3) is 0.500. The van der Waals surface area contributed by atoms with Crippen LogP contribution in [0.15, 0.2) is 30.7 Å². The highest BCUT2D eigenvalue weighted by Crippen LogP contribution is 2.23. The number of likely N-dealkylation sites (N-methyl/N-ethyl adjacent to an activating group) is 1. The van der Waals surface area contributed by atoms with Gasteiger partial charge >= 0.3 is 0 Å². The van der Waals surface area contributed by atoms with Crippen molar-refractivity contribution in [1.29, 1.82) is 0 Å². The van der Waals surface area contributed by atoms with Gasteiger partial charge in [-0.2, -0.15) is 0 Å². The molecule has 2 aromatic rings. The normalized spacial score (nSPS) is 18.4. The molecule has 1 atom stereocenters. The number of aromatic nitrogens is 3. The van der Waals surface area contributed by atoms with Crippen LogP contribution in [0.2, 0.25) is 0 Å². The minimum Gasteiger partial charge on any atom is -0.481 e. The van der Waals surface area contributed by atoms with E-state index < -0.39 is 0 Å². The molecule has 2 aromatic heterocycles. The third-order valence-electron chi connectivity index (χ3n) is 4.74. The molecule has 0 N–H and O–H groups in total. The molecule has 0 aliphatic carbocycles. The number of methoxy groups -OCH3 is 1. The second-order valence-electron chi connectivity index (χ2n) is 6.31. The van der Waals surface area contributed by atoms with Crippen LogP contribution in [0.3, 0.4) is 0 Å². The number of hydrogen-bond acceptors (Lipinski definition) is 6. The van der Waals surface area contributed by atoms with Gasteiger partial charge in [-0.3, -0.25) is 9.88 Å². The predicted molar refractivity (Wildman–Crippen MR) is 94.3 cm³/mol. The fourth-order valence-electron chi connectivity index (χ4n) is 3.24. The number of aryl methyl sites for hydroxylation is 1. The maximum absolute atomic E-state index is 5.21. The van der Waals surface area contributed by atoms with Crippen molar-refractivity contribution in [2.75, 3.05) is 32.1 Å². The molecule has 0 spiro atoms. The summed E-state index contributed by atoms with van der Waals surface area (Å²) in [7, 11) is 3.73. The van der Waals surface area contributed by atoms with Gasteiger partial charge in [0.15, 0.2) is 0 Å². The van der Waals surface area contributed by atoms with Crippen molar-refractivity contribution in [3.63, 3.8) is 0 Å². The minimum atomic E-state index is 0.440. The maximum Gasteiger partial charge on any atom is 0.218 e. The van der Waals surface area contributed by atoms with Crippen LogP contribution in [0.25, 0.3) is 0 Å². The number of pyridine rings is 1. The van der Waals surface area contributed by atoms with E-state index in [1.807, 2.05) is 18.3 Å². The lowest BCUT2D eigenvalue weighted by molar-refractivity contribution is 0.198. The highest BCUT2D eigenvalue weighted by molar-refractivity contribution is 5.41. The lowest BCUT2D eigenvalue weighted by Crippen LogP contribution is -2.46. The Morgan fingerprint density at radius 1 is 1.33 bits per heavy atom. The van der Waals surface area contributed by atoms with Gasteiger partial charge in [-0.15, -0.1) is 0 Å². The summed E-state index contributed by atoms with van der Waals surface area (Å²) in [4.78, 5) is 17.6. The summed E-state index contributed by atoms with van der Waals surface area (Å²) in [5.74, 6) is 1.51. The van der Waals surface area contributed by atoms with E-state index in [1.165, 1.54) is 18.4 Å². The Hall–Kier alpha value is -2.21. The average Bonchev–Trinajstić information content (AvgIpc) is 2.63. The molecule has 1 unspecified atom stereocenters. The summed E-state index contributed by atoms with van der Waals surface area (Å²) in [5.41, 5.74) is 2.43. The summed E-state index contributed by atoms with van der Waals surface area (Å²) >= 11 is 0. The Labute approximate surface area is 143 Å². The van der Waals surface area contributed by atoms with Gasteiger partial charge in [0.25, 0.3) is 0 Å². The molecule has 128 valence electrons. The molecule has 1 fully saturated rings. The van der Waals surface area contributed by atoms with E-state index in [9.17, 15) is 0 Å². The van der Waals surface area contributed by atoms with Gasteiger partial charge in [0.05, 0.1) is 7.11 Å². The standard InChI is InChI=1S/C18H25N5O/c1-14-15(6-4-8-19-14)11-23-9-5-7-16(12-23)22(2)17-10-18(24-3)21-13-20-17/h4,6,8,10,13,16H,5,7,9,11-12H2,1-3H3. The number of rotatable bonds is 5. The smallest absolute Gasteiger partial charge is 0.218 e. The zero-order chi connectivity index (χ0) is 16.9. The first-order valence-electron chi connectivity index (χ1n) is 8.39. The second-order valence-corrected chi connectivity index (χ2v) is 6.31. The summed E-state index contributed by atoms with van der Waals surface area (Å²) < 4.78 is 5.21. The monoisotopic (exact) mass is 327 g/mol. The predicted octanol–water partition coefficient (Wildman–Crippen LogP) is 2.29. The topological polar surface area (TPSA) is 54.4 Å². The van der Waals surface area contributed by atoms with E-state index in [2.05, 4.69) is 44.8 Å². The first-order chi connectivity index (χ1) is 11.7. The van der Waals surface area contributed by atoms with Gasteiger partial charge in [0.2, 0.25) is 5.88 Å². The van der Waals surface area contributed by atoms with E-state index >= 15 is 0 Å². The van der Waals surface area contributed by atoms with Crippen molar-refractivity contribution in [2.45, 2.75) is 32.4 Å². The summed E-state index contributed by atoms with van der Waals surface area (Å²) in [6, 6.07) is 6.52. The van der Waals surface area contributed by atoms with Crippen molar-refractivity contribution in [1.82, 2.24) is 19.9 Å². The van der Waals surface area contributed by atoms with Gasteiger partial charge in [-0.1, -0.05) is 6.07 Å². The van der Waals surface area contributed by atoms with E-state index in [0.717, 1.165) is 31.1 Å². The average molecular weight is 327 g/mol. The van der Waals surface area contributed by atoms with Gasteiger partial charge < -0.3 is 9.64 Å². The van der Waals surface area contributed by atoms with E-state index in [0.29, 0.717) is 11.9 Å². The number of likely N-dealkylation sites (tertiary alicyclic amines) is 1. The summed E-state index contributed by atoms with van der Waals surface area (Å²) in [6.07, 6.45) is 5.78. The van der Waals surface area contributed by atoms with E-state index in [1.54, 1.807) is 13.4 Å². The Balaban J connectivity index is 1.67. The third kappa shape index (κ3) is 3.82. The molecule has 1 aliphatic rings. The summed E-state index contributed by atoms with van der Waals surface area (Å²) in [6.45, 7) is 5.19. The molecule has 1 aliphatic heterocycles. The number of anilines is 1. The molecule has 6 nitrogen and oxygen atoms in total. The largest absolute Gasteiger partial charge is 0.481 e. The van der Waals surface area contributed by atoms with Crippen molar-refractivity contribution < 1.29 is 4.74 Å². The quantitative estimate of drug-likeness (QED) is 0.840. The zero-order valence-electron chi connectivity index (χ0n) is 14.6. The van der Waals surface area contributed by atoms with Crippen LogP contribution in [0.4, 0.5) is 5.82 Å². The molecule has 0 aromatic carbocycles. The number of ether oxygens (including phenoxy) is 1. The molecular formula is C18H25N5O. The lowest BCUT2D eigenvalue weighted by Gasteiger charge is -2.38. The molecular weight excluding hydrogens is 302 g/mol. The SMILES string of the molecule is COc1cc(N(C)C2CCCN(Cc3cccnc3C)C2)ncn1. The van der Waals surface area contributed by atoms with E-state index in [-0.39, 0.29) is 0 Å². The van der Waals surface area contributed by atoms with Crippen molar-refractivity contribution >= 4 is 5.82 Å². The first kappa shape index (κ1) is 16.6. The highest BCUT2D eigenvalue weighted by Gasteiger charge is 2.24. The summed E-state index contributed by atoms with van der Waals surface area (Å²) in [5, 5.41) is 0. The van der Waals surface area contributed by atoms with Crippen molar-refractivity contribution in [3.8, 4) is 5.88 Å². The number of nitrogens with zero attached hydrogens (tertiary/aromatic N) is 5. The van der Waals surface area contributed by atoms with Gasteiger partial charge in [-0.05, 0) is 37.9 Å². The van der Waals surface area contributed by atoms with Crippen LogP contribution in [-0.4, -0.2) is 53.1 Å². The van der Waals surface area contributed by atoms with Crippen LogP contribution in [0.5, 0.6) is 5.88 Å². The van der Waals surface area contributed by atoms with Crippen LogP contribution >= 0.6 is 0 Å². The van der Waals surface area contributed by atoms with Gasteiger partial charge in [0.1, 0.15) is 12.1 Å². The first-order valence-corrected chi connectivity index (χ1v) is 8.39. The Kier molecular flexibility index (Phi) is 5.25. The fourth-order valence-corrected chi connectivity index (χ4v) is 3.24. The van der Waals surface area contributed by atoms with Gasteiger partial charge in [-0.25, -0.2) is 9.97 Å². The number of piperidine rings is 1. The minimum absolute atomic E-state index is 0.440. The van der Waals surface area contributed by atoms with Crippen LogP contribution in [0.1, 0.15) is 24.1 Å². The number of hydrogen-bond donors (Lipinski definition) is 0. The third-order valence-corrected chi connectivity index (χ3v) is 4.74. The molecule has 0 radical (unpaired) electrons. The van der Waals surface area contributed by atoms with E-state index in [4.69, 9.17) is 4.74 Å². The van der Waals surface area contributed by atoms with Crippen LogP contribution in [0, 0.1) is 6.92 Å². The molecule has 6 heteroatoms. The van der Waals surface area contributed by atoms with Crippen molar-refractivity contribution in [3.05, 3.63) is 42.0 Å². The Morgan fingerprint density at radius 3 is 3.00 bits per heavy atom. The van der Waals surface area contributed by atoms with Gasteiger partial charge in [0, 0.05) is 44.1 Å². The molecule has 0 saturated carbocycles. The molecule has 3 rings (SSSR count). The second kappa shape index (κ2) is 7.57. The lowest BCUT2D eigenvalue weighted by atomic mass is 10.0.